The quantitative estimate of drug-likeness (QED) is 0.745. The predicted molar refractivity (Wildman–Crippen MR) is 101 cm³/mol. The third-order valence-corrected chi connectivity index (χ3v) is 4.68. The largest absolute Gasteiger partial charge is 0.393 e. The molecule has 5 heteroatoms. The molecule has 4 rings (SSSR count). The van der Waals surface area contributed by atoms with E-state index in [9.17, 15) is 9.90 Å². The van der Waals surface area contributed by atoms with Crippen molar-refractivity contribution in [2.45, 2.75) is 32.4 Å². The lowest BCUT2D eigenvalue weighted by molar-refractivity contribution is -0.115. The number of hydrogen-bond acceptors (Lipinski definition) is 3. The van der Waals surface area contributed by atoms with Gasteiger partial charge in [0.2, 0.25) is 5.91 Å². The zero-order chi connectivity index (χ0) is 18.1. The first-order valence-corrected chi connectivity index (χ1v) is 8.80. The molecule has 1 aromatic heterocycles. The molecule has 1 aliphatic rings. The molecule has 0 saturated heterocycles. The standard InChI is InChI=1S/C21H21N3O2/c1-14(25)10-18-21(15-6-3-2-4-7-15)22-13-24(18)12-17-9-5-8-16-11-19(26)23-20(16)17/h2-9,13-14,25H,10-12H2,1H3,(H,23,26). The number of benzene rings is 2. The van der Waals surface area contributed by atoms with Crippen molar-refractivity contribution < 1.29 is 9.90 Å². The summed E-state index contributed by atoms with van der Waals surface area (Å²) in [6, 6.07) is 16.0. The van der Waals surface area contributed by atoms with Crippen LogP contribution in [0.3, 0.4) is 0 Å². The number of aliphatic hydroxyl groups is 1. The van der Waals surface area contributed by atoms with E-state index < -0.39 is 6.10 Å². The Morgan fingerprint density at radius 1 is 1.19 bits per heavy atom. The van der Waals surface area contributed by atoms with Gasteiger partial charge in [-0.25, -0.2) is 4.98 Å². The van der Waals surface area contributed by atoms with Gasteiger partial charge < -0.3 is 15.0 Å². The first kappa shape index (κ1) is 16.5. The Morgan fingerprint density at radius 3 is 2.77 bits per heavy atom. The summed E-state index contributed by atoms with van der Waals surface area (Å²) in [5.74, 6) is 0.0345. The van der Waals surface area contributed by atoms with E-state index in [1.807, 2.05) is 54.9 Å². The smallest absolute Gasteiger partial charge is 0.228 e. The number of nitrogens with one attached hydrogen (secondary N) is 1. The maximum Gasteiger partial charge on any atom is 0.228 e. The Morgan fingerprint density at radius 2 is 2.00 bits per heavy atom. The lowest BCUT2D eigenvalue weighted by atomic mass is 10.1. The molecular formula is C21H21N3O2. The zero-order valence-electron chi connectivity index (χ0n) is 14.6. The van der Waals surface area contributed by atoms with E-state index in [2.05, 4.69) is 14.9 Å². The minimum Gasteiger partial charge on any atom is -0.393 e. The molecule has 0 aliphatic carbocycles. The highest BCUT2D eigenvalue weighted by molar-refractivity contribution is 6.00. The molecule has 3 aromatic rings. The summed E-state index contributed by atoms with van der Waals surface area (Å²) in [7, 11) is 0. The van der Waals surface area contributed by atoms with E-state index in [-0.39, 0.29) is 5.91 Å². The van der Waals surface area contributed by atoms with Gasteiger partial charge in [0, 0.05) is 23.4 Å². The number of amides is 1. The van der Waals surface area contributed by atoms with Crippen LogP contribution in [-0.2, 0) is 24.2 Å². The SMILES string of the molecule is CC(O)Cc1c(-c2ccccc2)ncn1Cc1cccc2c1NC(=O)C2. The maximum atomic E-state index is 11.7. The van der Waals surface area contributed by atoms with Gasteiger partial charge in [-0.05, 0) is 18.1 Å². The van der Waals surface area contributed by atoms with Crippen LogP contribution in [0, 0.1) is 0 Å². The molecule has 0 bridgehead atoms. The Kier molecular flexibility index (Phi) is 4.31. The molecule has 0 saturated carbocycles. The molecule has 2 N–H and O–H groups in total. The fourth-order valence-corrected chi connectivity index (χ4v) is 3.51. The fraction of sp³-hybridized carbons (Fsp3) is 0.238. The summed E-state index contributed by atoms with van der Waals surface area (Å²) in [6.45, 7) is 2.39. The molecule has 1 amide bonds. The molecule has 0 radical (unpaired) electrons. The Balaban J connectivity index is 1.73. The van der Waals surface area contributed by atoms with Crippen LogP contribution in [0.5, 0.6) is 0 Å². The topological polar surface area (TPSA) is 67.2 Å². The van der Waals surface area contributed by atoms with Crippen LogP contribution in [0.1, 0.15) is 23.7 Å². The van der Waals surface area contributed by atoms with Gasteiger partial charge in [-0.1, -0.05) is 48.5 Å². The number of anilines is 1. The van der Waals surface area contributed by atoms with Crippen molar-refractivity contribution in [1.29, 1.82) is 0 Å². The number of nitrogens with zero attached hydrogens (tertiary/aromatic N) is 2. The summed E-state index contributed by atoms with van der Waals surface area (Å²) >= 11 is 0. The second-order valence-electron chi connectivity index (χ2n) is 6.76. The minimum atomic E-state index is -0.464. The van der Waals surface area contributed by atoms with Crippen LogP contribution >= 0.6 is 0 Å². The van der Waals surface area contributed by atoms with Gasteiger partial charge in [0.15, 0.2) is 0 Å². The molecule has 0 fully saturated rings. The Bertz CT molecular complexity index is 945. The fourth-order valence-electron chi connectivity index (χ4n) is 3.51. The van der Waals surface area contributed by atoms with Gasteiger partial charge in [-0.3, -0.25) is 4.79 Å². The van der Waals surface area contributed by atoms with Crippen molar-refractivity contribution in [2.24, 2.45) is 0 Å². The number of rotatable bonds is 5. The number of para-hydroxylation sites is 1. The molecule has 1 atom stereocenters. The van der Waals surface area contributed by atoms with Crippen molar-refractivity contribution >= 4 is 11.6 Å². The summed E-state index contributed by atoms with van der Waals surface area (Å²) < 4.78 is 2.06. The lowest BCUT2D eigenvalue weighted by Crippen LogP contribution is -2.12. The van der Waals surface area contributed by atoms with Crippen molar-refractivity contribution in [2.75, 3.05) is 5.32 Å². The number of fused-ring (bicyclic) bond motifs is 1. The summed E-state index contributed by atoms with van der Waals surface area (Å²) in [6.07, 6.45) is 2.30. The first-order chi connectivity index (χ1) is 12.6. The van der Waals surface area contributed by atoms with E-state index in [4.69, 9.17) is 0 Å². The minimum absolute atomic E-state index is 0.0345. The van der Waals surface area contributed by atoms with E-state index >= 15 is 0 Å². The number of hydrogen-bond donors (Lipinski definition) is 2. The number of imidazole rings is 1. The molecule has 1 unspecified atom stereocenters. The average Bonchev–Trinajstić information content (AvgIpc) is 3.19. The maximum absolute atomic E-state index is 11.7. The van der Waals surface area contributed by atoms with Gasteiger partial charge in [-0.15, -0.1) is 0 Å². The highest BCUT2D eigenvalue weighted by atomic mass is 16.3. The molecule has 132 valence electrons. The van der Waals surface area contributed by atoms with Crippen molar-refractivity contribution in [3.8, 4) is 11.3 Å². The summed E-state index contributed by atoms with van der Waals surface area (Å²) in [5.41, 5.74) is 5.92. The van der Waals surface area contributed by atoms with Crippen LogP contribution in [0.2, 0.25) is 0 Å². The number of aromatic nitrogens is 2. The van der Waals surface area contributed by atoms with Gasteiger partial charge in [0.25, 0.3) is 0 Å². The lowest BCUT2D eigenvalue weighted by Gasteiger charge is -2.14. The third kappa shape index (κ3) is 3.13. The summed E-state index contributed by atoms with van der Waals surface area (Å²) in [5, 5.41) is 12.9. The Hall–Kier alpha value is -2.92. The number of carbonyl (C=O) groups is 1. The normalized spacial score (nSPS) is 14.2. The number of aliphatic hydroxyl groups excluding tert-OH is 1. The first-order valence-electron chi connectivity index (χ1n) is 8.80. The van der Waals surface area contributed by atoms with Crippen molar-refractivity contribution in [3.63, 3.8) is 0 Å². The van der Waals surface area contributed by atoms with Crippen LogP contribution in [-0.4, -0.2) is 26.7 Å². The average molecular weight is 347 g/mol. The number of carbonyl (C=O) groups excluding carboxylic acids is 1. The molecule has 5 nitrogen and oxygen atoms in total. The molecule has 1 aliphatic heterocycles. The van der Waals surface area contributed by atoms with Crippen LogP contribution in [0.25, 0.3) is 11.3 Å². The Labute approximate surface area is 152 Å². The van der Waals surface area contributed by atoms with Gasteiger partial charge >= 0.3 is 0 Å². The van der Waals surface area contributed by atoms with Crippen LogP contribution in [0.4, 0.5) is 5.69 Å². The van der Waals surface area contributed by atoms with E-state index in [0.717, 1.165) is 33.8 Å². The summed E-state index contributed by atoms with van der Waals surface area (Å²) in [4.78, 5) is 16.4. The van der Waals surface area contributed by atoms with Crippen LogP contribution < -0.4 is 5.32 Å². The highest BCUT2D eigenvalue weighted by Crippen LogP contribution is 2.29. The third-order valence-electron chi connectivity index (χ3n) is 4.68. The second-order valence-corrected chi connectivity index (χ2v) is 6.76. The van der Waals surface area contributed by atoms with Crippen LogP contribution in [0.15, 0.2) is 54.9 Å². The second kappa shape index (κ2) is 6.77. The highest BCUT2D eigenvalue weighted by Gasteiger charge is 2.21. The molecule has 2 heterocycles. The van der Waals surface area contributed by atoms with Gasteiger partial charge in [0.1, 0.15) is 0 Å². The van der Waals surface area contributed by atoms with Gasteiger partial charge in [0.05, 0.1) is 31.1 Å². The van der Waals surface area contributed by atoms with E-state index in [0.29, 0.717) is 19.4 Å². The van der Waals surface area contributed by atoms with Gasteiger partial charge in [-0.2, -0.15) is 0 Å². The van der Waals surface area contributed by atoms with Crippen molar-refractivity contribution in [1.82, 2.24) is 9.55 Å². The van der Waals surface area contributed by atoms with E-state index in [1.54, 1.807) is 6.92 Å². The predicted octanol–water partition coefficient (Wildman–Crippen LogP) is 3.02. The molecular weight excluding hydrogens is 326 g/mol. The zero-order valence-corrected chi connectivity index (χ0v) is 14.6. The van der Waals surface area contributed by atoms with E-state index in [1.165, 1.54) is 0 Å². The molecule has 26 heavy (non-hydrogen) atoms. The molecule has 0 spiro atoms. The monoisotopic (exact) mass is 347 g/mol. The van der Waals surface area contributed by atoms with Crippen molar-refractivity contribution in [3.05, 3.63) is 71.7 Å². The molecule has 2 aromatic carbocycles.